The molecule has 0 bridgehead atoms. The maximum atomic E-state index is 12.6. The van der Waals surface area contributed by atoms with E-state index in [0.717, 1.165) is 11.4 Å². The molecular formula is C21H22N2O3. The van der Waals surface area contributed by atoms with E-state index in [9.17, 15) is 9.59 Å². The highest BCUT2D eigenvalue weighted by Crippen LogP contribution is 2.25. The van der Waals surface area contributed by atoms with Gasteiger partial charge in [-0.2, -0.15) is 0 Å². The Bertz CT molecular complexity index is 908. The molecule has 0 fully saturated rings. The first-order valence-electron chi connectivity index (χ1n) is 8.56. The Kier molecular flexibility index (Phi) is 5.07. The number of benzene rings is 1. The zero-order valence-corrected chi connectivity index (χ0v) is 15.2. The molecule has 5 nitrogen and oxygen atoms in total. The van der Waals surface area contributed by atoms with Crippen LogP contribution in [0.25, 0.3) is 0 Å². The van der Waals surface area contributed by atoms with Crippen molar-refractivity contribution in [1.29, 1.82) is 0 Å². The van der Waals surface area contributed by atoms with Gasteiger partial charge in [0, 0.05) is 23.1 Å². The number of H-pyrrole nitrogens is 1. The van der Waals surface area contributed by atoms with Gasteiger partial charge in [0.25, 0.3) is 0 Å². The molecule has 0 aliphatic heterocycles. The van der Waals surface area contributed by atoms with E-state index < -0.39 is 5.97 Å². The summed E-state index contributed by atoms with van der Waals surface area (Å²) in [5.74, 6) is -0.737. The summed E-state index contributed by atoms with van der Waals surface area (Å²) < 4.78 is 7.26. The smallest absolute Gasteiger partial charge is 0.355 e. The van der Waals surface area contributed by atoms with Crippen molar-refractivity contribution in [2.45, 2.75) is 26.8 Å². The fraction of sp³-hybridized carbons (Fsp3) is 0.238. The number of esters is 1. The van der Waals surface area contributed by atoms with Crippen molar-refractivity contribution in [3.8, 4) is 0 Å². The average Bonchev–Trinajstić information content (AvgIpc) is 3.28. The number of carbonyl (C=O) groups excluding carboxylic acids is 2. The lowest BCUT2D eigenvalue weighted by Gasteiger charge is -2.19. The first-order chi connectivity index (χ1) is 12.5. The first-order valence-corrected chi connectivity index (χ1v) is 8.56. The number of carbonyl (C=O) groups is 2. The van der Waals surface area contributed by atoms with Crippen LogP contribution in [0, 0.1) is 13.8 Å². The van der Waals surface area contributed by atoms with Crippen molar-refractivity contribution in [2.75, 3.05) is 6.61 Å². The molecule has 5 heteroatoms. The van der Waals surface area contributed by atoms with Gasteiger partial charge in [-0.15, -0.1) is 0 Å². The number of aryl methyl sites for hydroxylation is 1. The van der Waals surface area contributed by atoms with Crippen LogP contribution < -0.4 is 0 Å². The fourth-order valence-corrected chi connectivity index (χ4v) is 3.28. The molecule has 1 aromatic carbocycles. The highest BCUT2D eigenvalue weighted by molar-refractivity contribution is 6.00. The number of hydrogen-bond acceptors (Lipinski definition) is 3. The Hall–Kier alpha value is -3.08. The highest BCUT2D eigenvalue weighted by Gasteiger charge is 2.21. The van der Waals surface area contributed by atoms with Gasteiger partial charge >= 0.3 is 5.97 Å². The molecule has 0 aliphatic rings. The second-order valence-electron chi connectivity index (χ2n) is 6.32. The Morgan fingerprint density at radius 2 is 1.85 bits per heavy atom. The molecule has 2 heterocycles. The van der Waals surface area contributed by atoms with Crippen molar-refractivity contribution in [3.05, 3.63) is 82.9 Å². The minimum Gasteiger partial charge on any atom is -0.453 e. The van der Waals surface area contributed by atoms with Crippen molar-refractivity contribution < 1.29 is 14.3 Å². The molecule has 0 spiro atoms. The molecule has 0 saturated carbocycles. The van der Waals surface area contributed by atoms with Crippen molar-refractivity contribution in [2.24, 2.45) is 0 Å². The zero-order valence-electron chi connectivity index (χ0n) is 15.2. The number of Topliss-reactive ketones (excluding diaryl/α,β-unsaturated/α-hetero) is 1. The number of aromatic amines is 1. The van der Waals surface area contributed by atoms with Crippen molar-refractivity contribution in [3.63, 3.8) is 0 Å². The van der Waals surface area contributed by atoms with Crippen molar-refractivity contribution in [1.82, 2.24) is 9.55 Å². The topological polar surface area (TPSA) is 64.1 Å². The number of nitrogens with zero attached hydrogens (tertiary/aromatic N) is 1. The molecule has 26 heavy (non-hydrogen) atoms. The molecule has 1 N–H and O–H groups in total. The lowest BCUT2D eigenvalue weighted by Crippen LogP contribution is -2.16. The summed E-state index contributed by atoms with van der Waals surface area (Å²) in [6, 6.07) is 15.4. The van der Waals surface area contributed by atoms with E-state index in [1.807, 2.05) is 38.1 Å². The Morgan fingerprint density at radius 1 is 1.12 bits per heavy atom. The van der Waals surface area contributed by atoms with E-state index >= 15 is 0 Å². The van der Waals surface area contributed by atoms with Crippen LogP contribution in [0.5, 0.6) is 0 Å². The minimum absolute atomic E-state index is 0.110. The molecule has 0 saturated heterocycles. The summed E-state index contributed by atoms with van der Waals surface area (Å²) in [5, 5.41) is 0. The summed E-state index contributed by atoms with van der Waals surface area (Å²) in [5.41, 5.74) is 3.97. The van der Waals surface area contributed by atoms with Gasteiger partial charge in [0.05, 0.1) is 6.04 Å². The van der Waals surface area contributed by atoms with Gasteiger partial charge in [-0.1, -0.05) is 30.3 Å². The maximum Gasteiger partial charge on any atom is 0.355 e. The molecular weight excluding hydrogens is 328 g/mol. The second kappa shape index (κ2) is 7.44. The molecule has 134 valence electrons. The number of aromatic nitrogens is 2. The van der Waals surface area contributed by atoms with E-state index in [-0.39, 0.29) is 18.4 Å². The average molecular weight is 350 g/mol. The molecule has 0 amide bonds. The summed E-state index contributed by atoms with van der Waals surface area (Å²) in [7, 11) is 0. The highest BCUT2D eigenvalue weighted by atomic mass is 16.5. The molecule has 1 atom stereocenters. The van der Waals surface area contributed by atoms with Gasteiger partial charge in [0.2, 0.25) is 5.78 Å². The van der Waals surface area contributed by atoms with Gasteiger partial charge in [0.15, 0.2) is 6.61 Å². The van der Waals surface area contributed by atoms with E-state index in [1.54, 1.807) is 18.3 Å². The molecule has 2 aromatic heterocycles. The number of ether oxygens (including phenoxy) is 1. The number of ketones is 1. The quantitative estimate of drug-likeness (QED) is 0.538. The first kappa shape index (κ1) is 17.7. The van der Waals surface area contributed by atoms with E-state index in [1.165, 1.54) is 5.56 Å². The predicted molar refractivity (Wildman–Crippen MR) is 99.6 cm³/mol. The van der Waals surface area contributed by atoms with E-state index in [4.69, 9.17) is 4.74 Å². The van der Waals surface area contributed by atoms with Crippen LogP contribution in [0.2, 0.25) is 0 Å². The van der Waals surface area contributed by atoms with Gasteiger partial charge in [-0.05, 0) is 44.5 Å². The minimum atomic E-state index is -0.533. The normalized spacial score (nSPS) is 12.0. The molecule has 0 radical (unpaired) electrons. The van der Waals surface area contributed by atoms with E-state index in [2.05, 4.69) is 28.6 Å². The summed E-state index contributed by atoms with van der Waals surface area (Å²) in [6.07, 6.45) is 1.64. The third kappa shape index (κ3) is 3.47. The number of hydrogen-bond donors (Lipinski definition) is 1. The largest absolute Gasteiger partial charge is 0.453 e. The molecule has 3 aromatic rings. The van der Waals surface area contributed by atoms with Crippen LogP contribution in [-0.2, 0) is 4.74 Å². The molecule has 0 aliphatic carbocycles. The Balaban J connectivity index is 1.77. The number of rotatable bonds is 6. The van der Waals surface area contributed by atoms with Crippen LogP contribution in [0.4, 0.5) is 0 Å². The van der Waals surface area contributed by atoms with Crippen LogP contribution in [0.3, 0.4) is 0 Å². The monoisotopic (exact) mass is 350 g/mol. The molecule has 0 unspecified atom stereocenters. The number of nitrogens with one attached hydrogen (secondary N) is 1. The second-order valence-corrected chi connectivity index (χ2v) is 6.32. The third-order valence-corrected chi connectivity index (χ3v) is 4.61. The van der Waals surface area contributed by atoms with Crippen LogP contribution in [0.1, 0.15) is 50.8 Å². The van der Waals surface area contributed by atoms with Gasteiger partial charge in [-0.3, -0.25) is 4.79 Å². The van der Waals surface area contributed by atoms with Crippen LogP contribution in [0.15, 0.2) is 54.7 Å². The standard InChI is InChI=1S/C21H22N2O3/c1-14-12-18(20(24)13-26-21(25)19-10-7-11-22-19)16(3)23(14)15(2)17-8-5-4-6-9-17/h4-12,15,22H,13H2,1-3H3/t15-/m0/s1. The van der Waals surface area contributed by atoms with Crippen LogP contribution >= 0.6 is 0 Å². The SMILES string of the molecule is Cc1cc(C(=O)COC(=O)c2ccc[nH]2)c(C)n1[C@@H](C)c1ccccc1. The van der Waals surface area contributed by atoms with Gasteiger partial charge in [-0.25, -0.2) is 4.79 Å². The Labute approximate surface area is 152 Å². The van der Waals surface area contributed by atoms with Crippen LogP contribution in [-0.4, -0.2) is 27.9 Å². The third-order valence-electron chi connectivity index (χ3n) is 4.61. The maximum absolute atomic E-state index is 12.6. The summed E-state index contributed by atoms with van der Waals surface area (Å²) >= 11 is 0. The fourth-order valence-electron chi connectivity index (χ4n) is 3.28. The predicted octanol–water partition coefficient (Wildman–Crippen LogP) is 4.08. The lowest BCUT2D eigenvalue weighted by molar-refractivity contribution is 0.0469. The van der Waals surface area contributed by atoms with E-state index in [0.29, 0.717) is 11.3 Å². The Morgan fingerprint density at radius 3 is 2.50 bits per heavy atom. The lowest BCUT2D eigenvalue weighted by atomic mass is 10.1. The van der Waals surface area contributed by atoms with Gasteiger partial charge < -0.3 is 14.3 Å². The molecule has 3 rings (SSSR count). The summed E-state index contributed by atoms with van der Waals surface area (Å²) in [6.45, 7) is 5.73. The van der Waals surface area contributed by atoms with Gasteiger partial charge in [0.1, 0.15) is 5.69 Å². The summed E-state index contributed by atoms with van der Waals surface area (Å²) in [4.78, 5) is 27.2. The van der Waals surface area contributed by atoms with Crippen molar-refractivity contribution >= 4 is 11.8 Å². The zero-order chi connectivity index (χ0) is 18.7.